The SMILES string of the molecule is C#CCN(Cc1cc2c(=O)[nH]c(C)nc2cc1C)c1ccc(C(=O)N[C@@H](CCC(=O)O)C(=O)N(CC)[C@@H](CCC(=O)O)C(=O)O)c(F)c1. The highest BCUT2D eigenvalue weighted by molar-refractivity contribution is 5.98. The Hall–Kier alpha value is -5.78. The van der Waals surface area contributed by atoms with Gasteiger partial charge < -0.3 is 35.4 Å². The minimum Gasteiger partial charge on any atom is -0.481 e. The third-order valence-electron chi connectivity index (χ3n) is 7.65. The van der Waals surface area contributed by atoms with E-state index in [-0.39, 0.29) is 25.2 Å². The Labute approximate surface area is 274 Å². The summed E-state index contributed by atoms with van der Waals surface area (Å²) in [5.74, 6) is -4.10. The number of carbonyl (C=O) groups excluding carboxylic acids is 2. The molecule has 3 rings (SSSR count). The highest BCUT2D eigenvalue weighted by atomic mass is 19.1. The van der Waals surface area contributed by atoms with Crippen LogP contribution >= 0.6 is 0 Å². The van der Waals surface area contributed by atoms with Crippen molar-refractivity contribution in [1.29, 1.82) is 0 Å². The van der Waals surface area contributed by atoms with Crippen LogP contribution in [0.1, 0.15) is 59.9 Å². The predicted octanol–water partition coefficient (Wildman–Crippen LogP) is 2.45. The normalized spacial score (nSPS) is 12.1. The van der Waals surface area contributed by atoms with Crippen molar-refractivity contribution in [3.8, 4) is 12.3 Å². The molecule has 2 amide bonds. The monoisotopic (exact) mass is 665 g/mol. The van der Waals surface area contributed by atoms with Crippen LogP contribution in [0, 0.1) is 32.0 Å². The third kappa shape index (κ3) is 9.15. The van der Waals surface area contributed by atoms with Crippen LogP contribution in [0.15, 0.2) is 35.1 Å². The molecule has 0 aliphatic carbocycles. The zero-order valence-corrected chi connectivity index (χ0v) is 26.6. The van der Waals surface area contributed by atoms with Crippen LogP contribution in [0.4, 0.5) is 10.1 Å². The largest absolute Gasteiger partial charge is 0.481 e. The molecule has 1 aromatic heterocycles. The Bertz CT molecular complexity index is 1830. The van der Waals surface area contributed by atoms with Gasteiger partial charge in [0.1, 0.15) is 23.7 Å². The molecule has 0 radical (unpaired) electrons. The lowest BCUT2D eigenvalue weighted by atomic mass is 10.0. The van der Waals surface area contributed by atoms with Crippen molar-refractivity contribution in [3.63, 3.8) is 0 Å². The first-order valence-electron chi connectivity index (χ1n) is 14.9. The van der Waals surface area contributed by atoms with Crippen molar-refractivity contribution in [1.82, 2.24) is 20.2 Å². The first-order valence-corrected chi connectivity index (χ1v) is 14.9. The molecule has 0 unspecified atom stereocenters. The summed E-state index contributed by atoms with van der Waals surface area (Å²) in [4.78, 5) is 82.9. The number of terminal acetylenes is 1. The quantitative estimate of drug-likeness (QED) is 0.140. The number of likely N-dealkylation sites (N-methyl/N-ethyl adjacent to an activating group) is 1. The van der Waals surface area contributed by atoms with E-state index in [1.54, 1.807) is 24.0 Å². The van der Waals surface area contributed by atoms with Gasteiger partial charge in [0.05, 0.1) is 23.0 Å². The summed E-state index contributed by atoms with van der Waals surface area (Å²) in [5, 5.41) is 30.6. The van der Waals surface area contributed by atoms with Gasteiger partial charge in [0, 0.05) is 31.6 Å². The molecular formula is C33H36FN5O9. The second-order valence-corrected chi connectivity index (χ2v) is 11.0. The zero-order valence-electron chi connectivity index (χ0n) is 26.6. The molecule has 15 heteroatoms. The van der Waals surface area contributed by atoms with Crippen LogP contribution in [-0.4, -0.2) is 85.1 Å². The fraction of sp³-hybridized carbons (Fsp3) is 0.364. The van der Waals surface area contributed by atoms with Crippen molar-refractivity contribution < 1.29 is 43.7 Å². The molecule has 0 bridgehead atoms. The fourth-order valence-electron chi connectivity index (χ4n) is 5.23. The number of carbonyl (C=O) groups is 5. The van der Waals surface area contributed by atoms with Gasteiger partial charge in [-0.3, -0.25) is 24.0 Å². The maximum absolute atomic E-state index is 15.5. The molecule has 0 saturated carbocycles. The number of carboxylic acids is 3. The van der Waals surface area contributed by atoms with Crippen molar-refractivity contribution in [2.75, 3.05) is 18.0 Å². The van der Waals surface area contributed by atoms with Gasteiger partial charge in [0.2, 0.25) is 5.91 Å². The topological polar surface area (TPSA) is 210 Å². The highest BCUT2D eigenvalue weighted by Crippen LogP contribution is 2.24. The van der Waals surface area contributed by atoms with Gasteiger partial charge in [-0.1, -0.05) is 5.92 Å². The zero-order chi connectivity index (χ0) is 35.7. The third-order valence-corrected chi connectivity index (χ3v) is 7.65. The number of fused-ring (bicyclic) bond motifs is 1. The number of carboxylic acid groups (broad SMARTS) is 3. The molecule has 0 aliphatic heterocycles. The number of rotatable bonds is 16. The number of hydrogen-bond acceptors (Lipinski definition) is 8. The molecule has 48 heavy (non-hydrogen) atoms. The van der Waals surface area contributed by atoms with Crippen molar-refractivity contribution in [2.24, 2.45) is 0 Å². The van der Waals surface area contributed by atoms with E-state index < -0.39 is 78.9 Å². The van der Waals surface area contributed by atoms with E-state index in [2.05, 4.69) is 21.2 Å². The van der Waals surface area contributed by atoms with Gasteiger partial charge in [-0.05, 0) is 75.1 Å². The summed E-state index contributed by atoms with van der Waals surface area (Å²) >= 11 is 0. The van der Waals surface area contributed by atoms with Crippen molar-refractivity contribution in [2.45, 2.75) is 65.1 Å². The Morgan fingerprint density at radius 2 is 1.71 bits per heavy atom. The van der Waals surface area contributed by atoms with Gasteiger partial charge in [-0.25, -0.2) is 14.2 Å². The van der Waals surface area contributed by atoms with Gasteiger partial charge >= 0.3 is 17.9 Å². The number of nitrogens with one attached hydrogen (secondary N) is 2. The molecule has 2 atom stereocenters. The smallest absolute Gasteiger partial charge is 0.326 e. The number of aryl methyl sites for hydroxylation is 2. The summed E-state index contributed by atoms with van der Waals surface area (Å²) in [6, 6.07) is 3.99. The van der Waals surface area contributed by atoms with Crippen molar-refractivity contribution >= 4 is 46.3 Å². The highest BCUT2D eigenvalue weighted by Gasteiger charge is 2.34. The van der Waals surface area contributed by atoms with E-state index in [1.165, 1.54) is 13.0 Å². The summed E-state index contributed by atoms with van der Waals surface area (Å²) < 4.78 is 15.5. The van der Waals surface area contributed by atoms with Crippen LogP contribution in [0.2, 0.25) is 0 Å². The van der Waals surface area contributed by atoms with Crippen LogP contribution in [0.25, 0.3) is 10.9 Å². The molecule has 2 aromatic carbocycles. The average molecular weight is 666 g/mol. The number of H-pyrrole nitrogens is 1. The second kappa shape index (κ2) is 16.2. The van der Waals surface area contributed by atoms with Crippen LogP contribution < -0.4 is 15.8 Å². The number of halogens is 1. The van der Waals surface area contributed by atoms with E-state index in [4.69, 9.17) is 11.5 Å². The Kier molecular flexibility index (Phi) is 12.4. The number of anilines is 1. The fourth-order valence-corrected chi connectivity index (χ4v) is 5.23. The van der Waals surface area contributed by atoms with Gasteiger partial charge in [0.15, 0.2) is 0 Å². The molecule has 1 heterocycles. The van der Waals surface area contributed by atoms with E-state index in [9.17, 15) is 39.0 Å². The second-order valence-electron chi connectivity index (χ2n) is 11.0. The molecule has 5 N–H and O–H groups in total. The molecular weight excluding hydrogens is 629 g/mol. The molecule has 3 aromatic rings. The lowest BCUT2D eigenvalue weighted by Gasteiger charge is -2.31. The number of aromatic amines is 1. The maximum Gasteiger partial charge on any atom is 0.326 e. The molecule has 0 aliphatic rings. The number of hydrogen-bond donors (Lipinski definition) is 5. The van der Waals surface area contributed by atoms with Gasteiger partial charge in [-0.2, -0.15) is 0 Å². The first kappa shape index (κ1) is 36.7. The summed E-state index contributed by atoms with van der Waals surface area (Å²) in [6.07, 6.45) is 3.57. The molecule has 254 valence electrons. The number of aliphatic carboxylic acids is 3. The number of benzene rings is 2. The number of nitrogens with zero attached hydrogens (tertiary/aromatic N) is 3. The predicted molar refractivity (Wildman–Crippen MR) is 172 cm³/mol. The Morgan fingerprint density at radius 1 is 1.04 bits per heavy atom. The van der Waals surface area contributed by atoms with E-state index in [1.807, 2.05) is 6.92 Å². The van der Waals surface area contributed by atoms with Crippen LogP contribution in [-0.2, 0) is 25.7 Å². The summed E-state index contributed by atoms with van der Waals surface area (Å²) in [5.41, 5.74) is 1.55. The Balaban J connectivity index is 1.89. The standard InChI is InChI=1S/C33H36FN5O9/c1-5-13-38(17-20-15-23-26(14-18(20)3)35-19(4)36-31(23)45)21-7-8-22(24(34)16-21)30(44)37-25(9-11-28(40)41)32(46)39(6-2)27(33(47)48)10-12-29(42)43/h1,7-8,14-16,25,27H,6,9-13,17H2,2-4H3,(H,37,44)(H,40,41)(H,42,43)(H,47,48)(H,35,36,45)/t25-,27-/m0/s1. The number of aromatic nitrogens is 2. The van der Waals surface area contributed by atoms with Crippen LogP contribution in [0.3, 0.4) is 0 Å². The maximum atomic E-state index is 15.5. The van der Waals surface area contributed by atoms with E-state index >= 15 is 4.39 Å². The summed E-state index contributed by atoms with van der Waals surface area (Å²) in [6.45, 7) is 4.98. The molecule has 0 fully saturated rings. The van der Waals surface area contributed by atoms with Crippen LogP contribution in [0.5, 0.6) is 0 Å². The first-order chi connectivity index (χ1) is 22.7. The average Bonchev–Trinajstić information content (AvgIpc) is 3.00. The minimum absolute atomic E-state index is 0.0379. The minimum atomic E-state index is -1.56. The van der Waals surface area contributed by atoms with Crippen molar-refractivity contribution in [3.05, 3.63) is 69.0 Å². The molecule has 0 saturated heterocycles. The van der Waals surface area contributed by atoms with Gasteiger partial charge in [0.25, 0.3) is 11.5 Å². The lowest BCUT2D eigenvalue weighted by molar-refractivity contribution is -0.152. The van der Waals surface area contributed by atoms with E-state index in [0.717, 1.165) is 28.2 Å². The molecule has 0 spiro atoms. The lowest BCUT2D eigenvalue weighted by Crippen LogP contribution is -2.54. The van der Waals surface area contributed by atoms with Gasteiger partial charge in [-0.15, -0.1) is 6.42 Å². The number of amides is 2. The molecule has 14 nitrogen and oxygen atoms in total. The summed E-state index contributed by atoms with van der Waals surface area (Å²) in [7, 11) is 0. The van der Waals surface area contributed by atoms with E-state index in [0.29, 0.717) is 22.4 Å². The Morgan fingerprint density at radius 3 is 2.29 bits per heavy atom.